The lowest BCUT2D eigenvalue weighted by Gasteiger charge is -2.24. The summed E-state index contributed by atoms with van der Waals surface area (Å²) in [4.78, 5) is 16.6. The zero-order chi connectivity index (χ0) is 18.4. The average molecular weight is 363 g/mol. The highest BCUT2D eigenvalue weighted by atomic mass is 19.1. The Kier molecular flexibility index (Phi) is 3.47. The summed E-state index contributed by atoms with van der Waals surface area (Å²) in [6, 6.07) is 12.0. The van der Waals surface area contributed by atoms with Gasteiger partial charge in [0.05, 0.1) is 28.7 Å². The second-order valence-corrected chi connectivity index (χ2v) is 6.32. The Bertz CT molecular complexity index is 1170. The molecular formula is C18H14FN7O. The summed E-state index contributed by atoms with van der Waals surface area (Å²) in [5, 5.41) is 14.4. The molecule has 2 aromatic heterocycles. The van der Waals surface area contributed by atoms with Crippen LogP contribution >= 0.6 is 0 Å². The Balaban J connectivity index is 1.83. The monoisotopic (exact) mass is 363 g/mol. The smallest absolute Gasteiger partial charge is 0.272 e. The van der Waals surface area contributed by atoms with E-state index in [1.54, 1.807) is 0 Å². The fraction of sp³-hybridized carbons (Fsp3) is 0.111. The van der Waals surface area contributed by atoms with Crippen LogP contribution in [0.25, 0.3) is 10.8 Å². The second-order valence-electron chi connectivity index (χ2n) is 6.32. The molecule has 3 heterocycles. The maximum atomic E-state index is 14.1. The molecular weight excluding hydrogens is 349 g/mol. The van der Waals surface area contributed by atoms with Crippen molar-refractivity contribution < 1.29 is 4.39 Å². The quantitative estimate of drug-likeness (QED) is 0.433. The number of halogens is 1. The van der Waals surface area contributed by atoms with E-state index in [0.717, 1.165) is 5.56 Å². The number of aromatic amines is 2. The Morgan fingerprint density at radius 2 is 1.93 bits per heavy atom. The number of benzene rings is 2. The molecule has 2 aromatic carbocycles. The minimum atomic E-state index is -0.510. The minimum absolute atomic E-state index is 0.225. The van der Waals surface area contributed by atoms with Crippen molar-refractivity contribution >= 4 is 16.5 Å². The lowest BCUT2D eigenvalue weighted by Crippen LogP contribution is -2.31. The molecule has 27 heavy (non-hydrogen) atoms. The van der Waals surface area contributed by atoms with Crippen LogP contribution in [0.3, 0.4) is 0 Å². The Morgan fingerprint density at radius 3 is 2.70 bits per heavy atom. The van der Waals surface area contributed by atoms with E-state index in [2.05, 4.69) is 36.2 Å². The van der Waals surface area contributed by atoms with Gasteiger partial charge in [-0.05, 0) is 17.7 Å². The van der Waals surface area contributed by atoms with Crippen molar-refractivity contribution in [3.63, 3.8) is 0 Å². The van der Waals surface area contributed by atoms with Crippen LogP contribution in [0.15, 0.2) is 53.6 Å². The molecule has 0 amide bonds. The molecule has 2 atom stereocenters. The van der Waals surface area contributed by atoms with Crippen LogP contribution in [-0.2, 0) is 0 Å². The van der Waals surface area contributed by atoms with Crippen molar-refractivity contribution in [2.75, 3.05) is 5.43 Å². The van der Waals surface area contributed by atoms with Gasteiger partial charge in [0, 0.05) is 5.39 Å². The SMILES string of the molecule is O=c1[nH]nc2c3c(cc(F)cc13)NNC(c1ccccc1)C2c1ncn[nH]1. The van der Waals surface area contributed by atoms with Crippen LogP contribution < -0.4 is 16.4 Å². The number of anilines is 1. The fourth-order valence-electron chi connectivity index (χ4n) is 3.60. The van der Waals surface area contributed by atoms with Gasteiger partial charge in [-0.1, -0.05) is 30.3 Å². The second kappa shape index (κ2) is 5.99. The van der Waals surface area contributed by atoms with Crippen molar-refractivity contribution in [3.8, 4) is 0 Å². The molecule has 0 fully saturated rings. The third-order valence-corrected chi connectivity index (χ3v) is 4.76. The Hall–Kier alpha value is -3.59. The van der Waals surface area contributed by atoms with Gasteiger partial charge < -0.3 is 5.43 Å². The normalized spacial score (nSPS) is 18.9. The van der Waals surface area contributed by atoms with Gasteiger partial charge >= 0.3 is 0 Å². The van der Waals surface area contributed by atoms with E-state index in [0.29, 0.717) is 22.6 Å². The van der Waals surface area contributed by atoms with Crippen molar-refractivity contribution in [2.24, 2.45) is 0 Å². The lowest BCUT2D eigenvalue weighted by molar-refractivity contribution is 0.505. The third-order valence-electron chi connectivity index (χ3n) is 4.76. The Labute approximate surface area is 151 Å². The summed E-state index contributed by atoms with van der Waals surface area (Å²) in [6.45, 7) is 0. The number of nitrogens with one attached hydrogen (secondary N) is 4. The maximum Gasteiger partial charge on any atom is 0.272 e. The molecule has 1 aliphatic rings. The predicted octanol–water partition coefficient (Wildman–Crippen LogP) is 1.98. The first-order chi connectivity index (χ1) is 13.2. The molecule has 2 unspecified atom stereocenters. The van der Waals surface area contributed by atoms with Crippen LogP contribution in [0.1, 0.15) is 29.0 Å². The highest BCUT2D eigenvalue weighted by Gasteiger charge is 2.35. The van der Waals surface area contributed by atoms with Crippen LogP contribution in [0.2, 0.25) is 0 Å². The Morgan fingerprint density at radius 1 is 1.07 bits per heavy atom. The van der Waals surface area contributed by atoms with Crippen molar-refractivity contribution in [1.82, 2.24) is 30.8 Å². The van der Waals surface area contributed by atoms with Crippen LogP contribution in [-0.4, -0.2) is 25.4 Å². The van der Waals surface area contributed by atoms with E-state index in [1.165, 1.54) is 18.5 Å². The van der Waals surface area contributed by atoms with E-state index in [4.69, 9.17) is 0 Å². The van der Waals surface area contributed by atoms with Gasteiger partial charge in [-0.25, -0.2) is 19.9 Å². The van der Waals surface area contributed by atoms with Crippen LogP contribution in [0.5, 0.6) is 0 Å². The van der Waals surface area contributed by atoms with Gasteiger partial charge in [-0.2, -0.15) is 10.2 Å². The molecule has 9 heteroatoms. The van der Waals surface area contributed by atoms with Gasteiger partial charge in [0.15, 0.2) is 0 Å². The van der Waals surface area contributed by atoms with E-state index < -0.39 is 17.3 Å². The largest absolute Gasteiger partial charge is 0.320 e. The van der Waals surface area contributed by atoms with Crippen molar-refractivity contribution in [1.29, 1.82) is 0 Å². The van der Waals surface area contributed by atoms with Gasteiger partial charge in [0.25, 0.3) is 5.56 Å². The zero-order valence-electron chi connectivity index (χ0n) is 13.9. The van der Waals surface area contributed by atoms with Crippen LogP contribution in [0.4, 0.5) is 10.1 Å². The summed E-state index contributed by atoms with van der Waals surface area (Å²) < 4.78 is 14.1. The molecule has 0 saturated carbocycles. The van der Waals surface area contributed by atoms with E-state index in [-0.39, 0.29) is 11.4 Å². The summed E-state index contributed by atoms with van der Waals surface area (Å²) in [6.07, 6.45) is 1.42. The molecule has 0 aliphatic carbocycles. The molecule has 4 N–H and O–H groups in total. The molecule has 0 bridgehead atoms. The van der Waals surface area contributed by atoms with Crippen molar-refractivity contribution in [3.05, 3.63) is 82.0 Å². The first-order valence-corrected chi connectivity index (χ1v) is 8.36. The third kappa shape index (κ3) is 2.48. The van der Waals surface area contributed by atoms with Gasteiger partial charge in [0.1, 0.15) is 18.0 Å². The number of hydrogen-bond acceptors (Lipinski definition) is 6. The van der Waals surface area contributed by atoms with Gasteiger partial charge in [0.2, 0.25) is 0 Å². The molecule has 4 aromatic rings. The summed E-state index contributed by atoms with van der Waals surface area (Å²) >= 11 is 0. The fourth-order valence-corrected chi connectivity index (χ4v) is 3.60. The zero-order valence-corrected chi connectivity index (χ0v) is 13.9. The van der Waals surface area contributed by atoms with Crippen molar-refractivity contribution in [2.45, 2.75) is 12.0 Å². The average Bonchev–Trinajstić information content (AvgIpc) is 3.16. The summed E-state index contributed by atoms with van der Waals surface area (Å²) in [7, 11) is 0. The minimum Gasteiger partial charge on any atom is -0.320 e. The summed E-state index contributed by atoms with van der Waals surface area (Å²) in [5.74, 6) is -0.325. The molecule has 1 aliphatic heterocycles. The lowest BCUT2D eigenvalue weighted by atomic mass is 9.88. The van der Waals surface area contributed by atoms with E-state index in [1.807, 2.05) is 30.3 Å². The standard InChI is InChI=1S/C18H14FN7O/c19-10-6-11-13-12(7-10)22-23-15(9-4-2-1-3-5-9)14(17-20-8-21-25-17)16(13)24-26-18(11)27/h1-8,14-15,22-23H,(H,26,27)(H,20,21,25). The number of rotatable bonds is 2. The highest BCUT2D eigenvalue weighted by Crippen LogP contribution is 2.40. The topological polar surface area (TPSA) is 111 Å². The first kappa shape index (κ1) is 15.6. The predicted molar refractivity (Wildman–Crippen MR) is 96.5 cm³/mol. The maximum absolute atomic E-state index is 14.1. The number of hydrazine groups is 1. The molecule has 0 radical (unpaired) electrons. The van der Waals surface area contributed by atoms with Crippen LogP contribution in [0, 0.1) is 5.82 Å². The molecule has 134 valence electrons. The van der Waals surface area contributed by atoms with Gasteiger partial charge in [-0.3, -0.25) is 9.89 Å². The van der Waals surface area contributed by atoms with E-state index >= 15 is 0 Å². The highest BCUT2D eigenvalue weighted by molar-refractivity contribution is 5.96. The molecule has 8 nitrogen and oxygen atoms in total. The number of H-pyrrole nitrogens is 2. The van der Waals surface area contributed by atoms with Gasteiger partial charge in [-0.15, -0.1) is 0 Å². The number of aromatic nitrogens is 5. The number of nitrogens with zero attached hydrogens (tertiary/aromatic N) is 3. The van der Waals surface area contributed by atoms with E-state index in [9.17, 15) is 9.18 Å². The molecule has 0 spiro atoms. The molecule has 5 rings (SSSR count). The molecule has 0 saturated heterocycles. The number of hydrogen-bond donors (Lipinski definition) is 4. The summed E-state index contributed by atoms with van der Waals surface area (Å²) in [5.41, 5.74) is 7.82. The first-order valence-electron chi connectivity index (χ1n) is 8.36.